The third-order valence-corrected chi connectivity index (χ3v) is 0.491. The van der Waals surface area contributed by atoms with Gasteiger partial charge in [0.15, 0.2) is 0 Å². The Morgan fingerprint density at radius 1 is 1.50 bits per heavy atom. The van der Waals surface area contributed by atoms with Gasteiger partial charge < -0.3 is 21.8 Å². The monoisotopic (exact) mass is 292 g/mol. The van der Waals surface area contributed by atoms with Crippen molar-refractivity contribution in [3.05, 3.63) is 6.92 Å². The van der Waals surface area contributed by atoms with Crippen LogP contribution in [0.3, 0.4) is 0 Å². The number of carbonyl (C=O) groups excluding carboxylic acids is 2. The molecule has 0 aliphatic carbocycles. The minimum atomic E-state index is -0.370. The number of hydrogen-bond donors (Lipinski definition) is 1. The Morgan fingerprint density at radius 2 is 1.80 bits per heavy atom. The van der Waals surface area contributed by atoms with Crippen LogP contribution in [0.2, 0.25) is 0 Å². The summed E-state index contributed by atoms with van der Waals surface area (Å²) in [5, 5.41) is 2.58. The van der Waals surface area contributed by atoms with E-state index in [-0.39, 0.29) is 71.5 Å². The molecule has 1 N–H and O–H groups in total. The topological polar surface area (TPSA) is 46.2 Å². The quantitative estimate of drug-likeness (QED) is 0.537. The fourth-order valence-corrected chi connectivity index (χ4v) is 0.0589. The molecule has 54 valence electrons. The van der Waals surface area contributed by atoms with Crippen molar-refractivity contribution < 1.29 is 75.0 Å². The first-order chi connectivity index (χ1) is 3.81. The minimum Gasteiger partial charge on any atom is -0.545 e. The van der Waals surface area contributed by atoms with Crippen LogP contribution < -0.4 is 5.32 Å². The van der Waals surface area contributed by atoms with Crippen molar-refractivity contribution in [1.82, 2.24) is 5.32 Å². The van der Waals surface area contributed by atoms with Crippen LogP contribution in [0.1, 0.15) is 0 Å². The van der Waals surface area contributed by atoms with Gasteiger partial charge >= 0.3 is 0 Å². The molecule has 1 atom stereocenters. The fourth-order valence-electron chi connectivity index (χ4n) is 0.0589. The normalized spacial score (nSPS) is 8.60. The summed E-state index contributed by atoms with van der Waals surface area (Å²) in [7, 11) is 1.66. The van der Waals surface area contributed by atoms with Gasteiger partial charge in [-0.25, -0.2) is 6.04 Å². The van der Waals surface area contributed by atoms with E-state index in [2.05, 4.69) is 19.0 Å². The largest absolute Gasteiger partial charge is 0.545 e. The molecule has 0 aromatic rings. The molecular formula is C5H8NO2Y2-3. The van der Waals surface area contributed by atoms with Crippen molar-refractivity contribution in [2.45, 2.75) is 6.04 Å². The van der Waals surface area contributed by atoms with Gasteiger partial charge in [-0.05, 0) is 7.05 Å². The Balaban J connectivity index is -0.0000000412. The average molecular weight is 292 g/mol. The van der Waals surface area contributed by atoms with Crippen molar-refractivity contribution in [3.63, 3.8) is 0 Å². The second-order valence-corrected chi connectivity index (χ2v) is 0.959. The van der Waals surface area contributed by atoms with Crippen molar-refractivity contribution in [2.24, 2.45) is 0 Å². The molecule has 0 aromatic carbocycles. The molecule has 0 unspecified atom stereocenters. The maximum absolute atomic E-state index is 9.49. The zero-order chi connectivity index (χ0) is 6.99. The smallest absolute Gasteiger partial charge is 0 e. The van der Waals surface area contributed by atoms with E-state index in [1.165, 1.54) is 0 Å². The fraction of sp³-hybridized carbons (Fsp3) is 0.400. The predicted molar refractivity (Wildman–Crippen MR) is 30.6 cm³/mol. The van der Waals surface area contributed by atoms with Crippen LogP contribution >= 0.6 is 0 Å². The Morgan fingerprint density at radius 3 is 1.80 bits per heavy atom. The van der Waals surface area contributed by atoms with Crippen molar-refractivity contribution in [3.8, 4) is 0 Å². The summed E-state index contributed by atoms with van der Waals surface area (Å²) in [5.74, 6) is 0. The molecule has 0 bridgehead atoms. The Hall–Kier alpha value is 1.51. The van der Waals surface area contributed by atoms with E-state index in [1.807, 2.05) is 0 Å². The molecule has 0 aliphatic heterocycles. The van der Waals surface area contributed by atoms with E-state index >= 15 is 0 Å². The molecule has 2 radical (unpaired) electrons. The van der Waals surface area contributed by atoms with E-state index in [1.54, 1.807) is 13.3 Å². The number of hydrogen-bond acceptors (Lipinski definition) is 3. The van der Waals surface area contributed by atoms with Gasteiger partial charge in [-0.2, -0.15) is 0 Å². The molecule has 10 heavy (non-hydrogen) atoms. The molecule has 0 heterocycles. The molecule has 0 amide bonds. The van der Waals surface area contributed by atoms with E-state index < -0.39 is 0 Å². The SMILES string of the molecule is [CH-]=O.[CH2-][C@@H]([C-]=O)NC.[Y].[Y]. The second-order valence-electron chi connectivity index (χ2n) is 0.959. The maximum Gasteiger partial charge on any atom is 0 e. The molecule has 0 aliphatic rings. The van der Waals surface area contributed by atoms with Gasteiger partial charge in [0, 0.05) is 65.4 Å². The first-order valence-corrected chi connectivity index (χ1v) is 1.93. The van der Waals surface area contributed by atoms with Gasteiger partial charge in [0.25, 0.3) is 0 Å². The first kappa shape index (κ1) is 22.5. The van der Waals surface area contributed by atoms with Crippen LogP contribution in [0.25, 0.3) is 0 Å². The molecule has 0 aromatic heterocycles. The second kappa shape index (κ2) is 22.4. The zero-order valence-electron chi connectivity index (χ0n) is 5.83. The summed E-state index contributed by atoms with van der Waals surface area (Å²) in [5.41, 5.74) is 0. The van der Waals surface area contributed by atoms with Gasteiger partial charge in [0.05, 0.1) is 0 Å². The molecule has 5 heteroatoms. The number of likely N-dealkylation sites (N-methyl/N-ethyl adjacent to an activating group) is 1. The molecular weight excluding hydrogens is 284 g/mol. The first-order valence-electron chi connectivity index (χ1n) is 1.93. The van der Waals surface area contributed by atoms with Crippen LogP contribution in [0.4, 0.5) is 0 Å². The van der Waals surface area contributed by atoms with Crippen molar-refractivity contribution >= 4 is 13.1 Å². The average Bonchev–Trinajstić information content (AvgIpc) is 1.91. The molecule has 0 saturated carbocycles. The number of rotatable bonds is 2. The zero-order valence-corrected chi connectivity index (χ0v) is 11.5. The van der Waals surface area contributed by atoms with E-state index in [4.69, 9.17) is 4.79 Å². The Labute approximate surface area is 112 Å². The van der Waals surface area contributed by atoms with Gasteiger partial charge in [-0.3, -0.25) is 13.1 Å². The van der Waals surface area contributed by atoms with Crippen LogP contribution in [-0.4, -0.2) is 26.2 Å². The number of nitrogens with one attached hydrogen (secondary N) is 1. The molecule has 0 fully saturated rings. The molecule has 0 saturated heterocycles. The van der Waals surface area contributed by atoms with Crippen molar-refractivity contribution in [1.29, 1.82) is 0 Å². The van der Waals surface area contributed by atoms with Crippen molar-refractivity contribution in [2.75, 3.05) is 7.05 Å². The Kier molecular flexibility index (Phi) is 50.6. The van der Waals surface area contributed by atoms with Crippen LogP contribution in [0.15, 0.2) is 0 Å². The standard InChI is InChI=1S/C4H7NO.CHO.2Y/c1-4(3-6)5-2;1-2;;/h4-5H,1H2,2H3;1H;;/q-2;-1;;/t4-;;;/m0.../s1. The van der Waals surface area contributed by atoms with Gasteiger partial charge in [-0.1, -0.05) is 0 Å². The third-order valence-electron chi connectivity index (χ3n) is 0.491. The molecule has 0 rings (SSSR count). The third kappa shape index (κ3) is 22.7. The maximum atomic E-state index is 9.49. The Bertz CT molecular complexity index is 63.6. The van der Waals surface area contributed by atoms with E-state index in [0.717, 1.165) is 0 Å². The summed E-state index contributed by atoms with van der Waals surface area (Å²) >= 11 is 0. The summed E-state index contributed by atoms with van der Waals surface area (Å²) in [4.78, 5) is 17.2. The summed E-state index contributed by atoms with van der Waals surface area (Å²) in [6, 6.07) is -0.370. The van der Waals surface area contributed by atoms with Gasteiger partial charge in [0.2, 0.25) is 0 Å². The van der Waals surface area contributed by atoms with Gasteiger partial charge in [-0.15, -0.1) is 0 Å². The summed E-state index contributed by atoms with van der Waals surface area (Å²) < 4.78 is 0. The predicted octanol–water partition coefficient (Wildman–Crippen LogP) is -0.761. The van der Waals surface area contributed by atoms with Gasteiger partial charge in [0.1, 0.15) is 0 Å². The van der Waals surface area contributed by atoms with Crippen LogP contribution in [0, 0.1) is 6.92 Å². The summed E-state index contributed by atoms with van der Waals surface area (Å²) in [6.45, 7) is 6.59. The molecule has 3 nitrogen and oxygen atoms in total. The summed E-state index contributed by atoms with van der Waals surface area (Å²) in [6.07, 6.45) is 1.64. The molecule has 0 spiro atoms. The minimum absolute atomic E-state index is 0. The van der Waals surface area contributed by atoms with E-state index in [0.29, 0.717) is 0 Å². The van der Waals surface area contributed by atoms with Crippen LogP contribution in [-0.2, 0) is 75.0 Å². The van der Waals surface area contributed by atoms with Crippen LogP contribution in [0.5, 0.6) is 0 Å². The van der Waals surface area contributed by atoms with E-state index in [9.17, 15) is 4.79 Å².